The van der Waals surface area contributed by atoms with Crippen LogP contribution >= 0.6 is 0 Å². The van der Waals surface area contributed by atoms with Crippen molar-refractivity contribution in [2.24, 2.45) is 0 Å². The van der Waals surface area contributed by atoms with E-state index in [-0.39, 0.29) is 0 Å². The van der Waals surface area contributed by atoms with Gasteiger partial charge in [-0.1, -0.05) is 164 Å². The van der Waals surface area contributed by atoms with Gasteiger partial charge in [0.1, 0.15) is 0 Å². The summed E-state index contributed by atoms with van der Waals surface area (Å²) in [6.07, 6.45) is 0.940. The molecular formula is C53H32N4. The lowest BCUT2D eigenvalue weighted by atomic mass is 9.69. The van der Waals surface area contributed by atoms with Gasteiger partial charge in [0.05, 0.1) is 16.4 Å². The fourth-order valence-electron chi connectivity index (χ4n) is 10.4. The van der Waals surface area contributed by atoms with Crippen LogP contribution in [0.25, 0.3) is 83.9 Å². The minimum absolute atomic E-state index is 0.492. The lowest BCUT2D eigenvalue weighted by molar-refractivity contribution is 0.801. The highest BCUT2D eigenvalue weighted by molar-refractivity contribution is 6.16. The molecule has 0 unspecified atom stereocenters. The van der Waals surface area contributed by atoms with E-state index < -0.39 is 5.41 Å². The van der Waals surface area contributed by atoms with E-state index in [1.165, 1.54) is 77.5 Å². The number of rotatable bonds is 3. The Kier molecular flexibility index (Phi) is 6.12. The summed E-state index contributed by atoms with van der Waals surface area (Å²) in [5.41, 5.74) is 19.2. The normalized spacial score (nSPS) is 13.7. The molecule has 57 heavy (non-hydrogen) atoms. The van der Waals surface area contributed by atoms with E-state index in [4.69, 9.17) is 15.0 Å². The van der Waals surface area contributed by atoms with E-state index in [9.17, 15) is 0 Å². The Hall–Kier alpha value is -7.43. The number of hydrogen-bond acceptors (Lipinski definition) is 3. The molecule has 4 heteroatoms. The van der Waals surface area contributed by atoms with E-state index >= 15 is 0 Å². The molecule has 0 radical (unpaired) electrons. The number of para-hydroxylation sites is 1. The highest BCUT2D eigenvalue weighted by Gasteiger charge is 2.52. The molecule has 2 aromatic heterocycles. The monoisotopic (exact) mass is 724 g/mol. The number of fused-ring (bicyclic) bond motifs is 17. The number of nitrogens with zero attached hydrogens (tertiary/aromatic N) is 4. The summed E-state index contributed by atoms with van der Waals surface area (Å²) in [5, 5.41) is 2.40. The van der Waals surface area contributed by atoms with Crippen LogP contribution in [0.2, 0.25) is 0 Å². The molecule has 13 rings (SSSR count). The van der Waals surface area contributed by atoms with Crippen molar-refractivity contribution in [1.29, 1.82) is 0 Å². The first-order chi connectivity index (χ1) is 28.3. The topological polar surface area (TPSA) is 43.6 Å². The molecule has 0 fully saturated rings. The Bertz CT molecular complexity index is 3270. The van der Waals surface area contributed by atoms with Crippen molar-refractivity contribution in [2.75, 3.05) is 0 Å². The Morgan fingerprint density at radius 3 is 1.72 bits per heavy atom. The van der Waals surface area contributed by atoms with Crippen LogP contribution < -0.4 is 0 Å². The van der Waals surface area contributed by atoms with Crippen molar-refractivity contribution < 1.29 is 0 Å². The van der Waals surface area contributed by atoms with Crippen molar-refractivity contribution >= 4 is 21.8 Å². The second-order valence-corrected chi connectivity index (χ2v) is 15.5. The van der Waals surface area contributed by atoms with Gasteiger partial charge in [-0.25, -0.2) is 4.98 Å². The van der Waals surface area contributed by atoms with Crippen molar-refractivity contribution in [2.45, 2.75) is 11.8 Å². The summed E-state index contributed by atoms with van der Waals surface area (Å²) in [4.78, 5) is 15.9. The van der Waals surface area contributed by atoms with E-state index in [1.54, 1.807) is 0 Å². The lowest BCUT2D eigenvalue weighted by Gasteiger charge is -2.31. The highest BCUT2D eigenvalue weighted by Crippen LogP contribution is 2.64. The highest BCUT2D eigenvalue weighted by atomic mass is 15.2. The van der Waals surface area contributed by atoms with Crippen LogP contribution in [0.3, 0.4) is 0 Å². The van der Waals surface area contributed by atoms with Crippen LogP contribution in [-0.4, -0.2) is 19.5 Å². The smallest absolute Gasteiger partial charge is 0.238 e. The number of aromatic nitrogens is 4. The molecule has 10 aromatic rings. The van der Waals surface area contributed by atoms with Gasteiger partial charge in [0, 0.05) is 21.9 Å². The molecule has 0 atom stereocenters. The van der Waals surface area contributed by atoms with Gasteiger partial charge in [-0.15, -0.1) is 0 Å². The predicted molar refractivity (Wildman–Crippen MR) is 230 cm³/mol. The first-order valence-corrected chi connectivity index (χ1v) is 19.7. The zero-order chi connectivity index (χ0) is 37.2. The standard InChI is InChI=1S/C53H32N4/c1-2-14-32(15-3-1)50-54-51(35-27-26-34-30-33-16-4-5-17-36(33)42(34)31-35)56-52(55-50)57-46-25-13-9-21-41(46)48-47(57)29-28-40-39-20-8-12-24-45(39)53(49(40)48)43-22-10-6-18-37(43)38-19-7-11-23-44(38)53/h1-29,31H,30H2. The second-order valence-electron chi connectivity index (χ2n) is 15.5. The summed E-state index contributed by atoms with van der Waals surface area (Å²) >= 11 is 0. The van der Waals surface area contributed by atoms with Gasteiger partial charge < -0.3 is 0 Å². The van der Waals surface area contributed by atoms with Crippen LogP contribution in [0.1, 0.15) is 33.4 Å². The molecule has 0 saturated carbocycles. The Morgan fingerprint density at radius 2 is 0.982 bits per heavy atom. The number of benzene rings is 8. The zero-order valence-corrected chi connectivity index (χ0v) is 30.8. The average Bonchev–Trinajstić information content (AvgIpc) is 4.00. The third kappa shape index (κ3) is 4.04. The Balaban J connectivity index is 1.13. The fourth-order valence-corrected chi connectivity index (χ4v) is 10.4. The van der Waals surface area contributed by atoms with Crippen LogP contribution in [0.4, 0.5) is 0 Å². The van der Waals surface area contributed by atoms with Gasteiger partial charge in [0.25, 0.3) is 0 Å². The van der Waals surface area contributed by atoms with E-state index in [0.29, 0.717) is 17.6 Å². The van der Waals surface area contributed by atoms with Crippen molar-refractivity contribution in [3.8, 4) is 62.1 Å². The van der Waals surface area contributed by atoms with E-state index in [2.05, 4.69) is 168 Å². The first-order valence-electron chi connectivity index (χ1n) is 19.7. The predicted octanol–water partition coefficient (Wildman–Crippen LogP) is 12.2. The molecule has 0 N–H and O–H groups in total. The summed E-state index contributed by atoms with van der Waals surface area (Å²) in [5.74, 6) is 1.90. The largest absolute Gasteiger partial charge is 0.278 e. The SMILES string of the molecule is c1ccc(-c2nc(-c3ccc4c(c3)-c3ccccc3C4)nc(-n3c4ccccc4c4c5c(ccc43)-c3ccccc3C53c4ccccc4-c4ccccc43)n2)cc1. The average molecular weight is 725 g/mol. The van der Waals surface area contributed by atoms with Crippen molar-refractivity contribution in [3.63, 3.8) is 0 Å². The van der Waals surface area contributed by atoms with Crippen molar-refractivity contribution in [3.05, 3.63) is 215 Å². The maximum atomic E-state index is 5.39. The Morgan fingerprint density at radius 1 is 0.404 bits per heavy atom. The molecule has 8 aromatic carbocycles. The molecule has 3 aliphatic rings. The maximum Gasteiger partial charge on any atom is 0.238 e. The second kappa shape index (κ2) is 11.3. The van der Waals surface area contributed by atoms with Gasteiger partial charge >= 0.3 is 0 Å². The van der Waals surface area contributed by atoms with E-state index in [1.807, 2.05) is 18.2 Å². The molecular weight excluding hydrogens is 693 g/mol. The molecule has 264 valence electrons. The molecule has 0 saturated heterocycles. The summed E-state index contributed by atoms with van der Waals surface area (Å²) in [6.45, 7) is 0. The molecule has 4 nitrogen and oxygen atoms in total. The van der Waals surface area contributed by atoms with Crippen LogP contribution in [0, 0.1) is 0 Å². The minimum Gasteiger partial charge on any atom is -0.278 e. The van der Waals surface area contributed by atoms with Crippen LogP contribution in [-0.2, 0) is 11.8 Å². The molecule has 1 spiro atoms. The van der Waals surface area contributed by atoms with Gasteiger partial charge in [0.2, 0.25) is 5.95 Å². The maximum absolute atomic E-state index is 5.39. The summed E-state index contributed by atoms with van der Waals surface area (Å²) < 4.78 is 2.27. The molecule has 0 bridgehead atoms. The summed E-state index contributed by atoms with van der Waals surface area (Å²) in [7, 11) is 0. The number of hydrogen-bond donors (Lipinski definition) is 0. The van der Waals surface area contributed by atoms with Gasteiger partial charge in [-0.3, -0.25) is 4.57 Å². The minimum atomic E-state index is -0.492. The zero-order valence-electron chi connectivity index (χ0n) is 30.8. The third-order valence-electron chi connectivity index (χ3n) is 12.7. The molecule has 2 heterocycles. The lowest BCUT2D eigenvalue weighted by Crippen LogP contribution is -2.26. The molecule has 3 aliphatic carbocycles. The summed E-state index contributed by atoms with van der Waals surface area (Å²) in [6, 6.07) is 66.1. The van der Waals surface area contributed by atoms with Gasteiger partial charge in [0.15, 0.2) is 11.6 Å². The fraction of sp³-hybridized carbons (Fsp3) is 0.0377. The Labute approximate surface area is 329 Å². The van der Waals surface area contributed by atoms with Crippen LogP contribution in [0.5, 0.6) is 0 Å². The first kappa shape index (κ1) is 30.8. The quantitative estimate of drug-likeness (QED) is 0.182. The van der Waals surface area contributed by atoms with Crippen molar-refractivity contribution in [1.82, 2.24) is 19.5 Å². The van der Waals surface area contributed by atoms with Gasteiger partial charge in [-0.2, -0.15) is 9.97 Å². The molecule has 0 amide bonds. The van der Waals surface area contributed by atoms with Crippen LogP contribution in [0.15, 0.2) is 182 Å². The van der Waals surface area contributed by atoms with E-state index in [0.717, 1.165) is 28.6 Å². The third-order valence-corrected chi connectivity index (χ3v) is 12.7. The molecule has 0 aliphatic heterocycles. The van der Waals surface area contributed by atoms with Gasteiger partial charge in [-0.05, 0) is 91.4 Å².